The molecule has 13 heteroatoms. The zero-order valence-electron chi connectivity index (χ0n) is 33.5. The molecule has 1 aromatic heterocycles. The van der Waals surface area contributed by atoms with E-state index in [1.165, 1.54) is 11.9 Å². The number of aromatic nitrogens is 3. The smallest absolute Gasteiger partial charge is 0.248 e. The maximum atomic E-state index is 15.4. The molecule has 4 fully saturated rings. The zero-order valence-corrected chi connectivity index (χ0v) is 35.1. The number of hydrogen-bond donors (Lipinski definition) is 2. The summed E-state index contributed by atoms with van der Waals surface area (Å²) in [6.45, 7) is 16.2. The fraction of sp³-hybridized carbons (Fsp3) is 0.558. The molecule has 5 heterocycles. The molecule has 2 aromatic rings. The van der Waals surface area contributed by atoms with Crippen molar-refractivity contribution >= 4 is 45.4 Å². The van der Waals surface area contributed by atoms with Crippen molar-refractivity contribution in [1.82, 2.24) is 20.1 Å². The van der Waals surface area contributed by atoms with Gasteiger partial charge >= 0.3 is 0 Å². The van der Waals surface area contributed by atoms with E-state index in [9.17, 15) is 9.90 Å². The summed E-state index contributed by atoms with van der Waals surface area (Å²) in [5.41, 5.74) is 2.01. The summed E-state index contributed by atoms with van der Waals surface area (Å²) in [5.74, 6) is 0.677. The number of amides is 1. The third kappa shape index (κ3) is 5.61. The van der Waals surface area contributed by atoms with E-state index >= 15 is 4.79 Å². The van der Waals surface area contributed by atoms with Gasteiger partial charge in [0.25, 0.3) is 0 Å². The van der Waals surface area contributed by atoms with E-state index in [4.69, 9.17) is 23.9 Å². The zero-order chi connectivity index (χ0) is 39.9. The van der Waals surface area contributed by atoms with Crippen molar-refractivity contribution in [2.45, 2.75) is 116 Å². The summed E-state index contributed by atoms with van der Waals surface area (Å²) >= 11 is 3.56. The minimum atomic E-state index is -1.47. The van der Waals surface area contributed by atoms with Gasteiger partial charge < -0.3 is 29.4 Å². The molecule has 3 aliphatic carbocycles. The normalized spacial score (nSPS) is 30.9. The fourth-order valence-corrected chi connectivity index (χ4v) is 10.6. The van der Waals surface area contributed by atoms with E-state index in [1.54, 1.807) is 17.7 Å². The quantitative estimate of drug-likeness (QED) is 0.130. The second-order valence-electron chi connectivity index (χ2n) is 17.3. The highest BCUT2D eigenvalue weighted by Crippen LogP contribution is 2.73. The fourth-order valence-electron chi connectivity index (χ4n) is 10.4. The summed E-state index contributed by atoms with van der Waals surface area (Å²) in [6.07, 6.45) is 14.7. The largest absolute Gasteiger partial charge is 0.482 e. The number of hydrogen-bond acceptors (Lipinski definition) is 10. The van der Waals surface area contributed by atoms with Crippen LogP contribution in [0, 0.1) is 17.8 Å². The number of rotatable bonds is 12. The third-order valence-corrected chi connectivity index (χ3v) is 13.0. The number of aliphatic hydroxyl groups excluding tert-OH is 1. The van der Waals surface area contributed by atoms with Gasteiger partial charge in [0.2, 0.25) is 11.9 Å². The van der Waals surface area contributed by atoms with Gasteiger partial charge in [0.15, 0.2) is 17.0 Å². The summed E-state index contributed by atoms with van der Waals surface area (Å²) in [5, 5.41) is 16.8. The minimum Gasteiger partial charge on any atom is -0.482 e. The number of allylic oxidation sites excluding steroid dienone is 4. The lowest BCUT2D eigenvalue weighted by Crippen LogP contribution is -2.79. The highest BCUT2D eigenvalue weighted by molar-refractivity contribution is 9.09. The van der Waals surface area contributed by atoms with Crippen molar-refractivity contribution in [2.75, 3.05) is 18.7 Å². The number of halogens is 1. The molecule has 1 aromatic carbocycles. The van der Waals surface area contributed by atoms with Gasteiger partial charge in [-0.2, -0.15) is 10.1 Å². The van der Waals surface area contributed by atoms with Gasteiger partial charge in [-0.05, 0) is 109 Å². The van der Waals surface area contributed by atoms with Crippen LogP contribution in [0.3, 0.4) is 0 Å². The van der Waals surface area contributed by atoms with E-state index in [2.05, 4.69) is 90.3 Å². The van der Waals surface area contributed by atoms with Crippen molar-refractivity contribution in [3.8, 4) is 17.2 Å². The van der Waals surface area contributed by atoms with Crippen LogP contribution in [0.2, 0.25) is 0 Å². The predicted octanol–water partition coefficient (Wildman–Crippen LogP) is 7.06. The van der Waals surface area contributed by atoms with Gasteiger partial charge in [-0.1, -0.05) is 29.4 Å². The van der Waals surface area contributed by atoms with E-state index in [0.717, 1.165) is 40.8 Å². The van der Waals surface area contributed by atoms with Crippen LogP contribution in [0.1, 0.15) is 104 Å². The first-order valence-corrected chi connectivity index (χ1v) is 20.8. The van der Waals surface area contributed by atoms with Crippen LogP contribution < -0.4 is 19.5 Å². The van der Waals surface area contributed by atoms with Crippen molar-refractivity contribution < 1.29 is 33.6 Å². The molecule has 4 bridgehead atoms. The first-order valence-electron chi connectivity index (χ1n) is 19.7. The second kappa shape index (κ2) is 13.8. The Bertz CT molecular complexity index is 2160. The molecule has 4 aliphatic heterocycles. The summed E-state index contributed by atoms with van der Waals surface area (Å²) in [4.78, 5) is 38.4. The Hall–Kier alpha value is -4.07. The first kappa shape index (κ1) is 38.8. The number of fused-ring (bicyclic) bond motifs is 4. The molecule has 3 saturated carbocycles. The van der Waals surface area contributed by atoms with Crippen molar-refractivity contribution in [2.24, 2.45) is 22.7 Å². The number of nitrogens with zero attached hydrogens (tertiary/aromatic N) is 4. The number of ketones is 1. The Morgan fingerprint density at radius 2 is 1.88 bits per heavy atom. The number of Topliss-reactive ketones (excluding diaryl/α,β-unsaturated/α-hetero) is 1. The molecule has 56 heavy (non-hydrogen) atoms. The number of ether oxygens (including phenoxy) is 4. The van der Waals surface area contributed by atoms with E-state index < -0.39 is 40.3 Å². The molecule has 7 unspecified atom stereocenters. The highest BCUT2D eigenvalue weighted by Gasteiger charge is 2.86. The van der Waals surface area contributed by atoms with Crippen LogP contribution in [-0.4, -0.2) is 78.3 Å². The standard InChI is InChI=1S/C43H52BrN5O7/c1-23(2)10-9-15-41(8)16-14-27-34(54-41)26(12-11-24(3)4)36-30(35(27)53-21-44)32-31-33(49-39(48-32)46-22-47-49)28-20-29-40(6,7)56-42(37(28)51,43(29,31)55-36)17-13-25(5)38(52)45-18-19-50/h10-11,13-14,16,22,28-29,31,33,50H,9,12,15,17-21H2,1-8H3,(H,45,52). The lowest BCUT2D eigenvalue weighted by Gasteiger charge is -2.64. The van der Waals surface area contributed by atoms with Crippen LogP contribution in [0.5, 0.6) is 17.2 Å². The average Bonchev–Trinajstić information content (AvgIpc) is 3.67. The van der Waals surface area contributed by atoms with Crippen LogP contribution in [0.25, 0.3) is 6.08 Å². The molecule has 0 radical (unpaired) electrons. The lowest BCUT2D eigenvalue weighted by molar-refractivity contribution is -0.207. The molecule has 7 aliphatic rings. The first-order chi connectivity index (χ1) is 26.6. The Morgan fingerprint density at radius 1 is 1.11 bits per heavy atom. The SMILES string of the molecule is CC(C)=CCCC1(C)C=Cc2c(c(CC=C(C)C)c3c(c2OCBr)C2=Nc4ncnn4C4C5CC6C(C)(C)OC(CC=C(C)C(=O)NCCO)(C5=O)C6(O3)C24)O1. The predicted molar refractivity (Wildman–Crippen MR) is 216 cm³/mol. The third-order valence-electron chi connectivity index (χ3n) is 12.7. The average molecular weight is 831 g/mol. The summed E-state index contributed by atoms with van der Waals surface area (Å²) in [7, 11) is 0. The number of aliphatic hydroxyl groups is 1. The molecule has 1 spiro atoms. The monoisotopic (exact) mass is 829 g/mol. The summed E-state index contributed by atoms with van der Waals surface area (Å²) < 4.78 is 30.4. The van der Waals surface area contributed by atoms with Crippen molar-refractivity contribution in [1.29, 1.82) is 0 Å². The lowest BCUT2D eigenvalue weighted by atomic mass is 9.44. The van der Waals surface area contributed by atoms with Gasteiger partial charge in [0, 0.05) is 35.9 Å². The molecule has 9 rings (SSSR count). The van der Waals surface area contributed by atoms with Gasteiger partial charge in [-0.15, -0.1) is 0 Å². The van der Waals surface area contributed by atoms with Crippen LogP contribution in [0.15, 0.2) is 52.3 Å². The van der Waals surface area contributed by atoms with E-state index in [-0.39, 0.29) is 42.7 Å². The Balaban J connectivity index is 1.41. The van der Waals surface area contributed by atoms with Crippen molar-refractivity contribution in [3.05, 3.63) is 64.0 Å². The van der Waals surface area contributed by atoms with Gasteiger partial charge in [0.1, 0.15) is 34.7 Å². The van der Waals surface area contributed by atoms with Gasteiger partial charge in [-0.3, -0.25) is 9.59 Å². The molecular formula is C43H52BrN5O7. The van der Waals surface area contributed by atoms with E-state index in [0.29, 0.717) is 41.6 Å². The Labute approximate surface area is 336 Å². The number of carbonyl (C=O) groups is 2. The number of alkyl halides is 1. The maximum absolute atomic E-state index is 15.4. The molecule has 2 N–H and O–H groups in total. The van der Waals surface area contributed by atoms with Crippen LogP contribution in [-0.2, 0) is 20.7 Å². The number of aliphatic imine (C=N–C) groups is 1. The highest BCUT2D eigenvalue weighted by atomic mass is 79.9. The number of benzene rings is 1. The Morgan fingerprint density at radius 3 is 2.59 bits per heavy atom. The number of nitrogens with one attached hydrogen (secondary N) is 1. The van der Waals surface area contributed by atoms with Crippen LogP contribution >= 0.6 is 15.9 Å². The van der Waals surface area contributed by atoms with Crippen LogP contribution in [0.4, 0.5) is 5.95 Å². The van der Waals surface area contributed by atoms with E-state index in [1.807, 2.05) is 13.8 Å². The maximum Gasteiger partial charge on any atom is 0.248 e. The minimum absolute atomic E-state index is 0.0710. The number of carbonyl (C=O) groups excluding carboxylic acids is 2. The Kier molecular flexibility index (Phi) is 9.56. The van der Waals surface area contributed by atoms with Crippen molar-refractivity contribution in [3.63, 3.8) is 0 Å². The molecule has 7 atom stereocenters. The molecular weight excluding hydrogens is 778 g/mol. The molecule has 1 amide bonds. The topological polar surface area (TPSA) is 146 Å². The molecule has 298 valence electrons. The molecule has 1 saturated heterocycles. The second-order valence-corrected chi connectivity index (χ2v) is 17.7. The van der Waals surface area contributed by atoms with Gasteiger partial charge in [-0.25, -0.2) is 9.67 Å². The summed E-state index contributed by atoms with van der Waals surface area (Å²) in [6, 6.07) is -0.431. The van der Waals surface area contributed by atoms with Gasteiger partial charge in [0.05, 0.1) is 41.0 Å². The molecule has 12 nitrogen and oxygen atoms in total.